The molecule has 1 aromatic carbocycles. The summed E-state index contributed by atoms with van der Waals surface area (Å²) in [7, 11) is 1.72. The van der Waals surface area contributed by atoms with E-state index in [9.17, 15) is 0 Å². The topological polar surface area (TPSA) is 21.3 Å². The number of benzene rings is 1. The van der Waals surface area contributed by atoms with Gasteiger partial charge >= 0.3 is 0 Å². The van der Waals surface area contributed by atoms with Gasteiger partial charge in [0.2, 0.25) is 0 Å². The van der Waals surface area contributed by atoms with E-state index in [2.05, 4.69) is 50.4 Å². The van der Waals surface area contributed by atoms with Gasteiger partial charge in [-0.3, -0.25) is 0 Å². The molecule has 84 valence electrons. The Balaban J connectivity index is 2.57. The number of nitrogens with one attached hydrogen (secondary N) is 1. The average Bonchev–Trinajstić information content (AvgIpc) is 2.15. The van der Waals surface area contributed by atoms with Crippen molar-refractivity contribution in [3.8, 4) is 0 Å². The number of methoxy groups -OCH3 is 1. The van der Waals surface area contributed by atoms with E-state index in [1.54, 1.807) is 7.11 Å². The van der Waals surface area contributed by atoms with Crippen molar-refractivity contribution in [3.63, 3.8) is 0 Å². The maximum absolute atomic E-state index is 5.10. The molecule has 15 heavy (non-hydrogen) atoms. The summed E-state index contributed by atoms with van der Waals surface area (Å²) in [5.74, 6) is 0. The Labute approximate surface area is 92.6 Å². The molecule has 0 radical (unpaired) electrons. The quantitative estimate of drug-likeness (QED) is 0.818. The summed E-state index contributed by atoms with van der Waals surface area (Å²) >= 11 is 0. The molecule has 0 atom stereocenters. The third-order valence-electron chi connectivity index (χ3n) is 2.06. The van der Waals surface area contributed by atoms with Crippen LogP contribution in [0.5, 0.6) is 0 Å². The van der Waals surface area contributed by atoms with E-state index in [0.717, 1.165) is 6.54 Å². The van der Waals surface area contributed by atoms with Gasteiger partial charge in [-0.25, -0.2) is 0 Å². The molecule has 1 aromatic rings. The zero-order valence-corrected chi connectivity index (χ0v) is 10.1. The molecule has 0 aliphatic carbocycles. The Morgan fingerprint density at radius 1 is 1.27 bits per heavy atom. The van der Waals surface area contributed by atoms with Crippen LogP contribution in [0.3, 0.4) is 0 Å². The predicted octanol–water partition coefficient (Wildman–Crippen LogP) is 3.29. The second-order valence-corrected chi connectivity index (χ2v) is 5.05. The molecule has 0 saturated heterocycles. The van der Waals surface area contributed by atoms with Crippen LogP contribution in [-0.2, 0) is 11.3 Å². The lowest BCUT2D eigenvalue weighted by Crippen LogP contribution is -2.19. The van der Waals surface area contributed by atoms with Crippen molar-refractivity contribution < 1.29 is 4.74 Å². The molecule has 0 spiro atoms. The second-order valence-electron chi connectivity index (χ2n) is 5.05. The molecule has 0 unspecified atom stereocenters. The van der Waals surface area contributed by atoms with Crippen molar-refractivity contribution >= 4 is 5.69 Å². The van der Waals surface area contributed by atoms with E-state index < -0.39 is 0 Å². The number of hydrogen-bond acceptors (Lipinski definition) is 2. The molecular formula is C13H21NO. The van der Waals surface area contributed by atoms with Crippen molar-refractivity contribution in [2.75, 3.05) is 19.0 Å². The Kier molecular flexibility index (Phi) is 4.15. The first kappa shape index (κ1) is 12.1. The summed E-state index contributed by atoms with van der Waals surface area (Å²) in [6, 6.07) is 8.35. The van der Waals surface area contributed by atoms with Crippen LogP contribution in [0.4, 0.5) is 5.69 Å². The fraction of sp³-hybridized carbons (Fsp3) is 0.538. The van der Waals surface area contributed by atoms with Crippen LogP contribution < -0.4 is 5.32 Å². The summed E-state index contributed by atoms with van der Waals surface area (Å²) in [5, 5.41) is 3.43. The smallest absolute Gasteiger partial charge is 0.0713 e. The summed E-state index contributed by atoms with van der Waals surface area (Å²) in [4.78, 5) is 0. The largest absolute Gasteiger partial charge is 0.385 e. The number of hydrogen-bond donors (Lipinski definition) is 1. The van der Waals surface area contributed by atoms with Gasteiger partial charge in [0.15, 0.2) is 0 Å². The molecule has 0 bridgehead atoms. The second kappa shape index (κ2) is 5.17. The van der Waals surface area contributed by atoms with Gasteiger partial charge in [-0.1, -0.05) is 32.9 Å². The summed E-state index contributed by atoms with van der Waals surface area (Å²) in [6.07, 6.45) is 0. The number of ether oxygens (including phenoxy) is 1. The highest BCUT2D eigenvalue weighted by Gasteiger charge is 2.09. The van der Waals surface area contributed by atoms with Gasteiger partial charge in [0, 0.05) is 19.3 Å². The molecule has 0 heterocycles. The number of anilines is 1. The van der Waals surface area contributed by atoms with Crippen molar-refractivity contribution in [1.82, 2.24) is 0 Å². The maximum atomic E-state index is 5.10. The maximum Gasteiger partial charge on any atom is 0.0713 e. The van der Waals surface area contributed by atoms with E-state index >= 15 is 0 Å². The summed E-state index contributed by atoms with van der Waals surface area (Å²) in [5.41, 5.74) is 2.67. The van der Waals surface area contributed by atoms with Gasteiger partial charge in [-0.2, -0.15) is 0 Å². The van der Waals surface area contributed by atoms with Gasteiger partial charge in [0.25, 0.3) is 0 Å². The third kappa shape index (κ3) is 4.84. The minimum absolute atomic E-state index is 0.303. The Morgan fingerprint density at radius 3 is 2.60 bits per heavy atom. The highest BCUT2D eigenvalue weighted by atomic mass is 16.5. The highest BCUT2D eigenvalue weighted by molar-refractivity contribution is 5.45. The standard InChI is InChI=1S/C13H21NO/c1-13(2,3)10-14-12-7-5-6-11(8-12)9-15-4/h5-8,14H,9-10H2,1-4H3. The summed E-state index contributed by atoms with van der Waals surface area (Å²) < 4.78 is 5.10. The minimum atomic E-state index is 0.303. The molecule has 1 N–H and O–H groups in total. The van der Waals surface area contributed by atoms with Crippen LogP contribution in [-0.4, -0.2) is 13.7 Å². The first-order valence-electron chi connectivity index (χ1n) is 5.33. The van der Waals surface area contributed by atoms with Gasteiger partial charge in [0.05, 0.1) is 6.61 Å². The van der Waals surface area contributed by atoms with E-state index in [-0.39, 0.29) is 0 Å². The molecular weight excluding hydrogens is 186 g/mol. The molecule has 1 rings (SSSR count). The summed E-state index contributed by atoms with van der Waals surface area (Å²) in [6.45, 7) is 8.31. The van der Waals surface area contributed by atoms with Gasteiger partial charge in [0.1, 0.15) is 0 Å². The van der Waals surface area contributed by atoms with E-state index in [1.807, 2.05) is 0 Å². The van der Waals surface area contributed by atoms with Crippen LogP contribution >= 0.6 is 0 Å². The Morgan fingerprint density at radius 2 is 2.00 bits per heavy atom. The molecule has 2 heteroatoms. The van der Waals surface area contributed by atoms with Crippen LogP contribution in [0.15, 0.2) is 24.3 Å². The van der Waals surface area contributed by atoms with Gasteiger partial charge < -0.3 is 10.1 Å². The van der Waals surface area contributed by atoms with E-state index in [4.69, 9.17) is 4.74 Å². The first-order valence-corrected chi connectivity index (χ1v) is 5.33. The fourth-order valence-electron chi connectivity index (χ4n) is 1.30. The molecule has 0 aliphatic heterocycles. The highest BCUT2D eigenvalue weighted by Crippen LogP contribution is 2.16. The van der Waals surface area contributed by atoms with Crippen molar-refractivity contribution in [2.24, 2.45) is 5.41 Å². The van der Waals surface area contributed by atoms with Crippen molar-refractivity contribution in [3.05, 3.63) is 29.8 Å². The lowest BCUT2D eigenvalue weighted by Gasteiger charge is -2.19. The minimum Gasteiger partial charge on any atom is -0.385 e. The van der Waals surface area contributed by atoms with E-state index in [0.29, 0.717) is 12.0 Å². The monoisotopic (exact) mass is 207 g/mol. The third-order valence-corrected chi connectivity index (χ3v) is 2.06. The molecule has 0 fully saturated rings. The van der Waals surface area contributed by atoms with Crippen molar-refractivity contribution in [1.29, 1.82) is 0 Å². The predicted molar refractivity (Wildman–Crippen MR) is 65.1 cm³/mol. The van der Waals surface area contributed by atoms with Crippen LogP contribution in [0.2, 0.25) is 0 Å². The molecule has 0 saturated carbocycles. The molecule has 0 aromatic heterocycles. The number of rotatable bonds is 4. The average molecular weight is 207 g/mol. The van der Waals surface area contributed by atoms with Crippen LogP contribution in [0.25, 0.3) is 0 Å². The lowest BCUT2D eigenvalue weighted by molar-refractivity contribution is 0.185. The van der Waals surface area contributed by atoms with Gasteiger partial charge in [-0.05, 0) is 23.1 Å². The Hall–Kier alpha value is -1.02. The van der Waals surface area contributed by atoms with Crippen LogP contribution in [0, 0.1) is 5.41 Å². The zero-order valence-electron chi connectivity index (χ0n) is 10.1. The van der Waals surface area contributed by atoms with Gasteiger partial charge in [-0.15, -0.1) is 0 Å². The fourth-order valence-corrected chi connectivity index (χ4v) is 1.30. The SMILES string of the molecule is COCc1cccc(NCC(C)(C)C)c1. The Bertz CT molecular complexity index is 302. The zero-order chi connectivity index (χ0) is 11.3. The molecule has 2 nitrogen and oxygen atoms in total. The lowest BCUT2D eigenvalue weighted by atomic mass is 9.97. The molecule has 0 amide bonds. The first-order chi connectivity index (χ1) is 7.01. The van der Waals surface area contributed by atoms with Crippen molar-refractivity contribution in [2.45, 2.75) is 27.4 Å². The normalized spacial score (nSPS) is 11.5. The van der Waals surface area contributed by atoms with Crippen LogP contribution in [0.1, 0.15) is 26.3 Å². The van der Waals surface area contributed by atoms with E-state index in [1.165, 1.54) is 11.3 Å². The molecule has 0 aliphatic rings.